The van der Waals surface area contributed by atoms with E-state index in [1.807, 2.05) is 61.5 Å². The highest BCUT2D eigenvalue weighted by molar-refractivity contribution is 7.80. The third kappa shape index (κ3) is 4.97. The normalized spacial score (nSPS) is 11.7. The van der Waals surface area contributed by atoms with E-state index in [4.69, 9.17) is 12.2 Å². The minimum absolute atomic E-state index is 0.407. The van der Waals surface area contributed by atoms with Gasteiger partial charge < -0.3 is 10.4 Å². The van der Waals surface area contributed by atoms with Crippen molar-refractivity contribution < 1.29 is 9.90 Å². The van der Waals surface area contributed by atoms with Crippen LogP contribution in [0.5, 0.6) is 0 Å². The summed E-state index contributed by atoms with van der Waals surface area (Å²) in [6.45, 7) is 2.03. The molecule has 0 unspecified atom stereocenters. The lowest BCUT2D eigenvalue weighted by Gasteiger charge is -2.16. The van der Waals surface area contributed by atoms with E-state index in [-0.39, 0.29) is 0 Å². The molecule has 114 valence electrons. The number of benzene rings is 2. The summed E-state index contributed by atoms with van der Waals surface area (Å²) in [6, 6.07) is 16.9. The molecule has 2 aromatic rings. The number of carbonyl (C=O) groups is 1. The molecule has 0 heterocycles. The van der Waals surface area contributed by atoms with Crippen LogP contribution < -0.4 is 5.32 Å². The SMILES string of the molecule is Cc1ccc(CC(=S)N[C@@H](Cc2ccccc2)C(=O)O)cc1. The zero-order valence-electron chi connectivity index (χ0n) is 12.5. The van der Waals surface area contributed by atoms with Gasteiger partial charge in [0.1, 0.15) is 6.04 Å². The van der Waals surface area contributed by atoms with E-state index in [2.05, 4.69) is 5.32 Å². The van der Waals surface area contributed by atoms with Crippen LogP contribution >= 0.6 is 12.2 Å². The number of hydrogen-bond acceptors (Lipinski definition) is 2. The third-order valence-corrected chi connectivity index (χ3v) is 3.66. The fraction of sp³-hybridized carbons (Fsp3) is 0.222. The van der Waals surface area contributed by atoms with E-state index in [1.165, 1.54) is 5.56 Å². The molecule has 0 amide bonds. The van der Waals surface area contributed by atoms with Crippen LogP contribution in [0, 0.1) is 6.92 Å². The monoisotopic (exact) mass is 313 g/mol. The first-order valence-electron chi connectivity index (χ1n) is 7.16. The first-order valence-corrected chi connectivity index (χ1v) is 7.57. The minimum atomic E-state index is -0.893. The van der Waals surface area contributed by atoms with Gasteiger partial charge in [0.15, 0.2) is 0 Å². The molecule has 0 aliphatic rings. The highest BCUT2D eigenvalue weighted by Gasteiger charge is 2.18. The van der Waals surface area contributed by atoms with Crippen molar-refractivity contribution in [2.45, 2.75) is 25.8 Å². The molecule has 0 bridgehead atoms. The van der Waals surface area contributed by atoms with Gasteiger partial charge in [-0.05, 0) is 18.1 Å². The van der Waals surface area contributed by atoms with Crippen molar-refractivity contribution in [2.24, 2.45) is 0 Å². The molecular weight excluding hydrogens is 294 g/mol. The number of thiocarbonyl (C=S) groups is 1. The van der Waals surface area contributed by atoms with Crippen molar-refractivity contribution in [2.75, 3.05) is 0 Å². The molecule has 0 radical (unpaired) electrons. The van der Waals surface area contributed by atoms with Gasteiger partial charge in [-0.1, -0.05) is 72.4 Å². The number of aliphatic carboxylic acids is 1. The van der Waals surface area contributed by atoms with Gasteiger partial charge in [-0.2, -0.15) is 0 Å². The van der Waals surface area contributed by atoms with Gasteiger partial charge in [-0.15, -0.1) is 0 Å². The van der Waals surface area contributed by atoms with Gasteiger partial charge in [0.25, 0.3) is 0 Å². The third-order valence-electron chi connectivity index (χ3n) is 3.40. The van der Waals surface area contributed by atoms with Crippen LogP contribution in [0.4, 0.5) is 0 Å². The molecule has 0 aliphatic heterocycles. The predicted octanol–water partition coefficient (Wildman–Crippen LogP) is 3.15. The van der Waals surface area contributed by atoms with Gasteiger partial charge in [0.2, 0.25) is 0 Å². The number of rotatable bonds is 6. The van der Waals surface area contributed by atoms with E-state index in [0.29, 0.717) is 17.8 Å². The van der Waals surface area contributed by atoms with Crippen molar-refractivity contribution in [1.82, 2.24) is 5.32 Å². The zero-order chi connectivity index (χ0) is 15.9. The fourth-order valence-electron chi connectivity index (χ4n) is 2.19. The second kappa shape index (κ2) is 7.71. The van der Waals surface area contributed by atoms with Crippen LogP contribution in [0.2, 0.25) is 0 Å². The van der Waals surface area contributed by atoms with Crippen LogP contribution in [-0.2, 0) is 17.6 Å². The molecule has 0 aromatic heterocycles. The van der Waals surface area contributed by atoms with Crippen LogP contribution in [0.3, 0.4) is 0 Å². The van der Waals surface area contributed by atoms with Gasteiger partial charge in [-0.3, -0.25) is 0 Å². The fourth-order valence-corrected chi connectivity index (χ4v) is 2.50. The lowest BCUT2D eigenvalue weighted by Crippen LogP contribution is -2.42. The molecule has 0 saturated heterocycles. The van der Waals surface area contributed by atoms with Gasteiger partial charge in [-0.25, -0.2) is 4.79 Å². The second-order valence-corrected chi connectivity index (χ2v) is 5.80. The Morgan fingerprint density at radius 2 is 1.73 bits per heavy atom. The van der Waals surface area contributed by atoms with E-state index in [0.717, 1.165) is 11.1 Å². The Bertz CT molecular complexity index is 638. The van der Waals surface area contributed by atoms with Crippen LogP contribution in [0.1, 0.15) is 16.7 Å². The Morgan fingerprint density at radius 3 is 2.32 bits per heavy atom. The minimum Gasteiger partial charge on any atom is -0.480 e. The number of carboxylic acids is 1. The lowest BCUT2D eigenvalue weighted by atomic mass is 10.1. The van der Waals surface area contributed by atoms with Crippen molar-refractivity contribution >= 4 is 23.2 Å². The van der Waals surface area contributed by atoms with Crippen molar-refractivity contribution in [1.29, 1.82) is 0 Å². The average Bonchev–Trinajstić information content (AvgIpc) is 2.50. The Hall–Kier alpha value is -2.20. The molecule has 2 N–H and O–H groups in total. The summed E-state index contributed by atoms with van der Waals surface area (Å²) in [5, 5.41) is 12.3. The van der Waals surface area contributed by atoms with E-state index in [9.17, 15) is 9.90 Å². The van der Waals surface area contributed by atoms with Gasteiger partial charge >= 0.3 is 5.97 Å². The Balaban J connectivity index is 1.97. The second-order valence-electron chi connectivity index (χ2n) is 5.31. The maximum atomic E-state index is 11.4. The molecule has 0 saturated carbocycles. The summed E-state index contributed by atoms with van der Waals surface area (Å²) in [5.41, 5.74) is 3.24. The maximum Gasteiger partial charge on any atom is 0.326 e. The standard InChI is InChI=1S/C18H19NO2S/c1-13-7-9-15(10-8-13)12-17(22)19-16(18(20)21)11-14-5-3-2-4-6-14/h2-10,16H,11-12H2,1H3,(H,19,22)(H,20,21)/t16-/m0/s1. The molecule has 1 atom stereocenters. The summed E-state index contributed by atoms with van der Waals surface area (Å²) in [5.74, 6) is -0.893. The zero-order valence-corrected chi connectivity index (χ0v) is 13.3. The maximum absolute atomic E-state index is 11.4. The van der Waals surface area contributed by atoms with E-state index >= 15 is 0 Å². The molecular formula is C18H19NO2S. The smallest absolute Gasteiger partial charge is 0.326 e. The summed E-state index contributed by atoms with van der Waals surface area (Å²) in [4.78, 5) is 12.0. The number of carboxylic acid groups (broad SMARTS) is 1. The molecule has 0 aliphatic carbocycles. The topological polar surface area (TPSA) is 49.3 Å². The summed E-state index contributed by atoms with van der Waals surface area (Å²) < 4.78 is 0. The highest BCUT2D eigenvalue weighted by Crippen LogP contribution is 2.07. The number of aryl methyl sites for hydroxylation is 1. The van der Waals surface area contributed by atoms with Crippen molar-refractivity contribution in [3.63, 3.8) is 0 Å². The molecule has 0 spiro atoms. The molecule has 3 nitrogen and oxygen atoms in total. The Morgan fingerprint density at radius 1 is 1.09 bits per heavy atom. The van der Waals surface area contributed by atoms with Gasteiger partial charge in [0, 0.05) is 12.8 Å². The predicted molar refractivity (Wildman–Crippen MR) is 92.2 cm³/mol. The molecule has 2 rings (SSSR count). The Kier molecular flexibility index (Phi) is 5.67. The first-order chi connectivity index (χ1) is 10.5. The lowest BCUT2D eigenvalue weighted by molar-refractivity contribution is -0.139. The van der Waals surface area contributed by atoms with Crippen LogP contribution in [0.15, 0.2) is 54.6 Å². The molecule has 0 fully saturated rings. The summed E-state index contributed by atoms with van der Waals surface area (Å²) in [7, 11) is 0. The first kappa shape index (κ1) is 16.2. The quantitative estimate of drug-likeness (QED) is 0.804. The van der Waals surface area contributed by atoms with Gasteiger partial charge in [0.05, 0.1) is 4.99 Å². The highest BCUT2D eigenvalue weighted by atomic mass is 32.1. The molecule has 22 heavy (non-hydrogen) atoms. The largest absolute Gasteiger partial charge is 0.480 e. The van der Waals surface area contributed by atoms with E-state index < -0.39 is 12.0 Å². The van der Waals surface area contributed by atoms with Crippen LogP contribution in [0.25, 0.3) is 0 Å². The van der Waals surface area contributed by atoms with Crippen LogP contribution in [-0.4, -0.2) is 22.1 Å². The Labute approximate surface area is 136 Å². The average molecular weight is 313 g/mol. The number of nitrogens with one attached hydrogen (secondary N) is 1. The van der Waals surface area contributed by atoms with Crippen molar-refractivity contribution in [3.05, 3.63) is 71.3 Å². The van der Waals surface area contributed by atoms with Crippen molar-refractivity contribution in [3.8, 4) is 0 Å². The summed E-state index contributed by atoms with van der Waals surface area (Å²) >= 11 is 5.31. The van der Waals surface area contributed by atoms with E-state index in [1.54, 1.807) is 0 Å². The molecule has 4 heteroatoms. The molecule has 2 aromatic carbocycles. The summed E-state index contributed by atoms with van der Waals surface area (Å²) in [6.07, 6.45) is 0.957. The number of hydrogen-bond donors (Lipinski definition) is 2.